The third-order valence-corrected chi connectivity index (χ3v) is 2.98. The predicted octanol–water partition coefficient (Wildman–Crippen LogP) is 3.24. The van der Waals surface area contributed by atoms with E-state index >= 15 is 0 Å². The Morgan fingerprint density at radius 1 is 1.27 bits per heavy atom. The van der Waals surface area contributed by atoms with E-state index in [1.807, 2.05) is 0 Å². The minimum atomic E-state index is -4.48. The molecule has 0 spiro atoms. The summed E-state index contributed by atoms with van der Waals surface area (Å²) in [7, 11) is 0. The number of carboxylic acid groups (broad SMARTS) is 1. The number of alkyl halides is 3. The minimum Gasteiger partial charge on any atom is -0.480 e. The Bertz CT molecular complexity index is 538. The highest BCUT2D eigenvalue weighted by molar-refractivity contribution is 5.96. The Kier molecular flexibility index (Phi) is 6.15. The summed E-state index contributed by atoms with van der Waals surface area (Å²) in [5, 5.41) is 11.3. The lowest BCUT2D eigenvalue weighted by molar-refractivity contribution is -0.139. The molecule has 0 radical (unpaired) electrons. The molecule has 2 N–H and O–H groups in total. The Hall–Kier alpha value is -2.31. The average Bonchev–Trinajstić information content (AvgIpc) is 2.45. The first-order chi connectivity index (χ1) is 10.3. The standard InChI is InChI=1S/C15H16F3NO3/c1-2-3-4-5-12(14(21)22)19-13(20)10-6-8-11(9-7-10)15(16,17)18/h2,6-9,12H,1,3-5H2,(H,19,20)(H,21,22)/t12-/m0/s1. The van der Waals surface area contributed by atoms with E-state index in [2.05, 4.69) is 11.9 Å². The van der Waals surface area contributed by atoms with E-state index in [1.54, 1.807) is 6.08 Å². The maximum absolute atomic E-state index is 12.4. The summed E-state index contributed by atoms with van der Waals surface area (Å²) >= 11 is 0. The van der Waals surface area contributed by atoms with Crippen LogP contribution in [-0.4, -0.2) is 23.0 Å². The molecule has 0 aliphatic rings. The van der Waals surface area contributed by atoms with Crippen LogP contribution >= 0.6 is 0 Å². The van der Waals surface area contributed by atoms with Crippen LogP contribution in [0.5, 0.6) is 0 Å². The Balaban J connectivity index is 2.73. The van der Waals surface area contributed by atoms with Crippen LogP contribution in [0.3, 0.4) is 0 Å². The van der Waals surface area contributed by atoms with Crippen LogP contribution in [0, 0.1) is 0 Å². The van der Waals surface area contributed by atoms with Gasteiger partial charge in [0.15, 0.2) is 0 Å². The number of hydrogen-bond acceptors (Lipinski definition) is 2. The Morgan fingerprint density at radius 2 is 1.86 bits per heavy atom. The second-order valence-corrected chi connectivity index (χ2v) is 4.66. The van der Waals surface area contributed by atoms with E-state index in [9.17, 15) is 22.8 Å². The van der Waals surface area contributed by atoms with Crippen LogP contribution in [0.2, 0.25) is 0 Å². The van der Waals surface area contributed by atoms with Crippen molar-refractivity contribution in [3.63, 3.8) is 0 Å². The fraction of sp³-hybridized carbons (Fsp3) is 0.333. The van der Waals surface area contributed by atoms with Gasteiger partial charge >= 0.3 is 12.1 Å². The lowest BCUT2D eigenvalue weighted by Gasteiger charge is -2.14. The number of halogens is 3. The van der Waals surface area contributed by atoms with Crippen molar-refractivity contribution >= 4 is 11.9 Å². The summed E-state index contributed by atoms with van der Waals surface area (Å²) in [6.07, 6.45) is -1.48. The van der Waals surface area contributed by atoms with Crippen LogP contribution < -0.4 is 5.32 Å². The van der Waals surface area contributed by atoms with Crippen LogP contribution in [0.15, 0.2) is 36.9 Å². The van der Waals surface area contributed by atoms with Gasteiger partial charge in [0.05, 0.1) is 5.56 Å². The molecular formula is C15H16F3NO3. The van der Waals surface area contributed by atoms with Gasteiger partial charge in [0.2, 0.25) is 0 Å². The number of nitrogens with one attached hydrogen (secondary N) is 1. The minimum absolute atomic E-state index is 0.0250. The van der Waals surface area contributed by atoms with Gasteiger partial charge < -0.3 is 10.4 Å². The first-order valence-electron chi connectivity index (χ1n) is 6.57. The first-order valence-corrected chi connectivity index (χ1v) is 6.57. The molecule has 0 heterocycles. The van der Waals surface area contributed by atoms with Gasteiger partial charge in [0.1, 0.15) is 6.04 Å². The van der Waals surface area contributed by atoms with Crippen molar-refractivity contribution < 1.29 is 27.9 Å². The molecule has 0 aromatic heterocycles. The van der Waals surface area contributed by atoms with E-state index in [-0.39, 0.29) is 12.0 Å². The highest BCUT2D eigenvalue weighted by atomic mass is 19.4. The highest BCUT2D eigenvalue weighted by Crippen LogP contribution is 2.29. The van der Waals surface area contributed by atoms with Crippen LogP contribution in [0.1, 0.15) is 35.2 Å². The number of carbonyl (C=O) groups is 2. The SMILES string of the molecule is C=CCCC[C@H](NC(=O)c1ccc(C(F)(F)F)cc1)C(=O)O. The quantitative estimate of drug-likeness (QED) is 0.599. The molecule has 0 saturated carbocycles. The molecule has 1 amide bonds. The molecular weight excluding hydrogens is 299 g/mol. The van der Waals surface area contributed by atoms with Gasteiger partial charge in [-0.25, -0.2) is 4.79 Å². The van der Waals surface area contributed by atoms with Crippen molar-refractivity contribution in [2.75, 3.05) is 0 Å². The number of amides is 1. The maximum Gasteiger partial charge on any atom is 0.416 e. The summed E-state index contributed by atoms with van der Waals surface area (Å²) in [6.45, 7) is 3.51. The van der Waals surface area contributed by atoms with Gasteiger partial charge in [-0.1, -0.05) is 6.08 Å². The van der Waals surface area contributed by atoms with Gasteiger partial charge in [0, 0.05) is 5.56 Å². The molecule has 0 aliphatic heterocycles. The largest absolute Gasteiger partial charge is 0.480 e. The number of carbonyl (C=O) groups excluding carboxylic acids is 1. The molecule has 0 aliphatic carbocycles. The Morgan fingerprint density at radius 3 is 2.32 bits per heavy atom. The molecule has 1 rings (SSSR count). The summed E-state index contributed by atoms with van der Waals surface area (Å²) in [6, 6.07) is 2.50. The third-order valence-electron chi connectivity index (χ3n) is 2.98. The number of unbranched alkanes of at least 4 members (excludes halogenated alkanes) is 1. The molecule has 1 atom stereocenters. The van der Waals surface area contributed by atoms with Gasteiger partial charge in [-0.2, -0.15) is 13.2 Å². The van der Waals surface area contributed by atoms with Gasteiger partial charge in [-0.3, -0.25) is 4.79 Å². The van der Waals surface area contributed by atoms with E-state index in [1.165, 1.54) is 0 Å². The zero-order valence-electron chi connectivity index (χ0n) is 11.7. The summed E-state index contributed by atoms with van der Waals surface area (Å²) < 4.78 is 37.3. The maximum atomic E-state index is 12.4. The second-order valence-electron chi connectivity index (χ2n) is 4.66. The van der Waals surface area contributed by atoms with Crippen molar-refractivity contribution in [2.24, 2.45) is 0 Å². The van der Waals surface area contributed by atoms with Crippen molar-refractivity contribution in [2.45, 2.75) is 31.5 Å². The summed E-state index contributed by atoms with van der Waals surface area (Å²) in [5.41, 5.74) is -0.896. The van der Waals surface area contributed by atoms with Gasteiger partial charge in [-0.05, 0) is 43.5 Å². The lowest BCUT2D eigenvalue weighted by Crippen LogP contribution is -2.40. The highest BCUT2D eigenvalue weighted by Gasteiger charge is 2.30. The molecule has 0 unspecified atom stereocenters. The van der Waals surface area contributed by atoms with Gasteiger partial charge in [0.25, 0.3) is 5.91 Å². The van der Waals surface area contributed by atoms with Crippen molar-refractivity contribution in [3.05, 3.63) is 48.0 Å². The molecule has 0 saturated heterocycles. The number of carboxylic acids is 1. The molecule has 4 nitrogen and oxygen atoms in total. The smallest absolute Gasteiger partial charge is 0.416 e. The molecule has 1 aromatic carbocycles. The molecule has 22 heavy (non-hydrogen) atoms. The predicted molar refractivity (Wildman–Crippen MR) is 74.4 cm³/mol. The first kappa shape index (κ1) is 17.7. The summed E-state index contributed by atoms with van der Waals surface area (Å²) in [5.74, 6) is -1.91. The van der Waals surface area contributed by atoms with Crippen molar-refractivity contribution in [3.8, 4) is 0 Å². The monoisotopic (exact) mass is 315 g/mol. The zero-order valence-corrected chi connectivity index (χ0v) is 11.7. The normalized spacial score (nSPS) is 12.5. The number of benzene rings is 1. The van der Waals surface area contributed by atoms with E-state index in [0.29, 0.717) is 12.8 Å². The number of allylic oxidation sites excluding steroid dienone is 1. The number of hydrogen-bond donors (Lipinski definition) is 2. The molecule has 0 fully saturated rings. The molecule has 1 aromatic rings. The third kappa shape index (κ3) is 5.23. The number of aliphatic carboxylic acids is 1. The average molecular weight is 315 g/mol. The zero-order chi connectivity index (χ0) is 16.8. The molecule has 0 bridgehead atoms. The van der Waals surface area contributed by atoms with Crippen molar-refractivity contribution in [1.29, 1.82) is 0 Å². The van der Waals surface area contributed by atoms with Crippen LogP contribution in [0.25, 0.3) is 0 Å². The Labute approximate surface area is 125 Å². The van der Waals surface area contributed by atoms with E-state index < -0.39 is 29.7 Å². The molecule has 7 heteroatoms. The molecule has 120 valence electrons. The van der Waals surface area contributed by atoms with Gasteiger partial charge in [-0.15, -0.1) is 6.58 Å². The fourth-order valence-electron chi connectivity index (χ4n) is 1.78. The van der Waals surface area contributed by atoms with E-state index in [4.69, 9.17) is 5.11 Å². The van der Waals surface area contributed by atoms with Crippen LogP contribution in [-0.2, 0) is 11.0 Å². The topological polar surface area (TPSA) is 66.4 Å². The fourth-order valence-corrected chi connectivity index (χ4v) is 1.78. The number of rotatable bonds is 7. The lowest BCUT2D eigenvalue weighted by atomic mass is 10.1. The van der Waals surface area contributed by atoms with Crippen LogP contribution in [0.4, 0.5) is 13.2 Å². The van der Waals surface area contributed by atoms with Crippen molar-refractivity contribution in [1.82, 2.24) is 5.32 Å². The second kappa shape index (κ2) is 7.63. The van der Waals surface area contributed by atoms with E-state index in [0.717, 1.165) is 24.3 Å². The summed E-state index contributed by atoms with van der Waals surface area (Å²) in [4.78, 5) is 22.9.